The Morgan fingerprint density at radius 1 is 0.933 bits per heavy atom. The highest BCUT2D eigenvalue weighted by Gasteiger charge is 2.31. The number of carbonyl (C=O) groups is 1. The maximum atomic E-state index is 12.8. The van der Waals surface area contributed by atoms with E-state index in [1.165, 1.54) is 10.3 Å². The topological polar surface area (TPSA) is 47.2 Å². The fourth-order valence-corrected chi connectivity index (χ4v) is 4.14. The number of benzene rings is 3. The lowest BCUT2D eigenvalue weighted by molar-refractivity contribution is -1.02. The fourth-order valence-electron chi connectivity index (χ4n) is 4.14. The summed E-state index contributed by atoms with van der Waals surface area (Å²) in [5, 5.41) is 5.44. The molecule has 1 amide bonds. The van der Waals surface area contributed by atoms with Crippen LogP contribution in [0.15, 0.2) is 72.8 Å². The Balaban J connectivity index is 1.23. The molecule has 1 fully saturated rings. The van der Waals surface area contributed by atoms with Gasteiger partial charge in [-0.05, 0) is 42.0 Å². The van der Waals surface area contributed by atoms with Gasteiger partial charge in [0.2, 0.25) is 0 Å². The van der Waals surface area contributed by atoms with Crippen LogP contribution in [-0.4, -0.2) is 51.3 Å². The van der Waals surface area contributed by atoms with Crippen molar-refractivity contribution in [3.63, 3.8) is 0 Å². The average Bonchev–Trinajstić information content (AvgIpc) is 2.80. The molecule has 0 spiro atoms. The molecule has 0 unspecified atom stereocenters. The number of nitrogens with one attached hydrogen (secondary N) is 3. The predicted molar refractivity (Wildman–Crippen MR) is 120 cm³/mol. The van der Waals surface area contributed by atoms with Gasteiger partial charge in [-0.2, -0.15) is 0 Å². The maximum absolute atomic E-state index is 12.8. The average molecular weight is 406 g/mol. The molecule has 156 valence electrons. The lowest BCUT2D eigenvalue weighted by Crippen LogP contribution is -3.30. The Hall–Kier alpha value is -2.89. The van der Waals surface area contributed by atoms with Gasteiger partial charge in [0.25, 0.3) is 5.91 Å². The van der Waals surface area contributed by atoms with Gasteiger partial charge in [0.05, 0.1) is 0 Å². The molecule has 30 heavy (non-hydrogen) atoms. The van der Waals surface area contributed by atoms with E-state index in [4.69, 9.17) is 4.74 Å². The number of hydrogen-bond donors (Lipinski definition) is 3. The second-order valence-corrected chi connectivity index (χ2v) is 8.09. The number of piperazine rings is 1. The number of ether oxygens (including phenoxy) is 1. The molecule has 0 saturated carbocycles. The minimum atomic E-state index is -0.0569. The number of anilines is 1. The van der Waals surface area contributed by atoms with E-state index in [0.717, 1.165) is 56.2 Å². The molecular weight excluding hydrogens is 374 g/mol. The molecule has 3 aromatic carbocycles. The summed E-state index contributed by atoms with van der Waals surface area (Å²) < 4.78 is 5.83. The molecule has 4 rings (SSSR count). The lowest BCUT2D eigenvalue weighted by Gasteiger charge is -2.32. The predicted octanol–water partition coefficient (Wildman–Crippen LogP) is 1.03. The molecule has 0 aliphatic carbocycles. The fraction of sp³-hybridized carbons (Fsp3) is 0.320. The summed E-state index contributed by atoms with van der Waals surface area (Å²) in [6.07, 6.45) is 0. The number of carbonyl (C=O) groups excluding carboxylic acids is 1. The number of rotatable bonds is 7. The highest BCUT2D eigenvalue weighted by molar-refractivity contribution is 5.96. The van der Waals surface area contributed by atoms with Crippen LogP contribution in [0.25, 0.3) is 10.8 Å². The SMILES string of the molecule is C[C@@H](C(=O)Nc1ccc2ccccc2c1)[NH+]1CC[NH+](CCOc2ccccc2)CC1. The van der Waals surface area contributed by atoms with Crippen LogP contribution in [0.3, 0.4) is 0 Å². The van der Waals surface area contributed by atoms with Crippen molar-refractivity contribution < 1.29 is 19.3 Å². The zero-order valence-electron chi connectivity index (χ0n) is 17.6. The molecule has 1 heterocycles. The van der Waals surface area contributed by atoms with Crippen LogP contribution in [0.4, 0.5) is 5.69 Å². The molecule has 0 bridgehead atoms. The minimum Gasteiger partial charge on any atom is -0.488 e. The molecular formula is C25H31N3O2+2. The molecule has 5 heteroatoms. The molecule has 3 N–H and O–H groups in total. The summed E-state index contributed by atoms with van der Waals surface area (Å²) in [5.41, 5.74) is 0.868. The Morgan fingerprint density at radius 3 is 2.40 bits per heavy atom. The van der Waals surface area contributed by atoms with Crippen LogP contribution in [-0.2, 0) is 4.79 Å². The highest BCUT2D eigenvalue weighted by Crippen LogP contribution is 2.18. The first-order valence-electron chi connectivity index (χ1n) is 10.8. The van der Waals surface area contributed by atoms with E-state index in [0.29, 0.717) is 0 Å². The summed E-state index contributed by atoms with van der Waals surface area (Å²) in [4.78, 5) is 15.7. The van der Waals surface area contributed by atoms with Crippen LogP contribution < -0.4 is 19.9 Å². The molecule has 1 aliphatic rings. The Bertz CT molecular complexity index is 968. The Kier molecular flexibility index (Phi) is 6.62. The van der Waals surface area contributed by atoms with Crippen molar-refractivity contribution >= 4 is 22.4 Å². The molecule has 0 aromatic heterocycles. The Labute approximate surface area is 178 Å². The van der Waals surface area contributed by atoms with Gasteiger partial charge in [0.1, 0.15) is 45.1 Å². The third kappa shape index (κ3) is 5.17. The van der Waals surface area contributed by atoms with E-state index in [2.05, 4.69) is 23.5 Å². The van der Waals surface area contributed by atoms with Gasteiger partial charge >= 0.3 is 0 Å². The van der Waals surface area contributed by atoms with Crippen LogP contribution in [0.1, 0.15) is 6.92 Å². The standard InChI is InChI=1S/C25H29N3O2/c1-20(25(29)26-23-12-11-21-7-5-6-8-22(21)19-23)28-15-13-27(14-16-28)17-18-30-24-9-3-2-4-10-24/h2-12,19-20H,13-18H2,1H3,(H,26,29)/p+2/t20-/m0/s1. The van der Waals surface area contributed by atoms with E-state index in [1.54, 1.807) is 4.90 Å². The van der Waals surface area contributed by atoms with Crippen molar-refractivity contribution in [2.75, 3.05) is 44.6 Å². The van der Waals surface area contributed by atoms with Crippen molar-refractivity contribution in [2.24, 2.45) is 0 Å². The van der Waals surface area contributed by atoms with Crippen molar-refractivity contribution in [3.8, 4) is 5.75 Å². The van der Waals surface area contributed by atoms with Crippen LogP contribution in [0, 0.1) is 0 Å². The first-order chi connectivity index (χ1) is 14.7. The van der Waals surface area contributed by atoms with E-state index in [9.17, 15) is 4.79 Å². The van der Waals surface area contributed by atoms with Crippen molar-refractivity contribution in [1.29, 1.82) is 0 Å². The maximum Gasteiger partial charge on any atom is 0.282 e. The van der Waals surface area contributed by atoms with Gasteiger partial charge in [-0.15, -0.1) is 0 Å². The minimum absolute atomic E-state index is 0.0569. The molecule has 1 atom stereocenters. The monoisotopic (exact) mass is 405 g/mol. The van der Waals surface area contributed by atoms with Gasteiger partial charge in [0, 0.05) is 5.69 Å². The molecule has 1 saturated heterocycles. The number of amides is 1. The summed E-state index contributed by atoms with van der Waals surface area (Å²) in [6.45, 7) is 7.92. The third-order valence-electron chi connectivity index (χ3n) is 6.09. The smallest absolute Gasteiger partial charge is 0.282 e. The Morgan fingerprint density at radius 2 is 1.63 bits per heavy atom. The van der Waals surface area contributed by atoms with Gasteiger partial charge in [0.15, 0.2) is 6.04 Å². The zero-order chi connectivity index (χ0) is 20.8. The third-order valence-corrected chi connectivity index (χ3v) is 6.09. The van der Waals surface area contributed by atoms with Crippen molar-refractivity contribution in [3.05, 3.63) is 72.8 Å². The highest BCUT2D eigenvalue weighted by atomic mass is 16.5. The normalized spacial score (nSPS) is 19.9. The molecule has 1 aliphatic heterocycles. The van der Waals surface area contributed by atoms with Gasteiger partial charge in [-0.25, -0.2) is 0 Å². The second kappa shape index (κ2) is 9.74. The molecule has 3 aromatic rings. The van der Waals surface area contributed by atoms with Gasteiger partial charge in [-0.3, -0.25) is 4.79 Å². The van der Waals surface area contributed by atoms with Crippen LogP contribution in [0.5, 0.6) is 5.75 Å². The van der Waals surface area contributed by atoms with E-state index >= 15 is 0 Å². The van der Waals surface area contributed by atoms with Crippen molar-refractivity contribution in [2.45, 2.75) is 13.0 Å². The summed E-state index contributed by atoms with van der Waals surface area (Å²) in [5.74, 6) is 1.02. The summed E-state index contributed by atoms with van der Waals surface area (Å²) >= 11 is 0. The van der Waals surface area contributed by atoms with Gasteiger partial charge < -0.3 is 19.9 Å². The molecule has 0 radical (unpaired) electrons. The quantitative estimate of drug-likeness (QED) is 0.550. The van der Waals surface area contributed by atoms with Gasteiger partial charge in [-0.1, -0.05) is 48.5 Å². The van der Waals surface area contributed by atoms with Crippen LogP contribution in [0.2, 0.25) is 0 Å². The summed E-state index contributed by atoms with van der Waals surface area (Å²) in [6, 6.07) is 24.2. The van der Waals surface area contributed by atoms with E-state index in [1.807, 2.05) is 61.5 Å². The first kappa shape index (κ1) is 20.4. The van der Waals surface area contributed by atoms with Crippen LogP contribution >= 0.6 is 0 Å². The van der Waals surface area contributed by atoms with E-state index < -0.39 is 0 Å². The zero-order valence-corrected chi connectivity index (χ0v) is 17.6. The number of fused-ring (bicyclic) bond motifs is 1. The number of para-hydroxylation sites is 1. The first-order valence-corrected chi connectivity index (χ1v) is 10.8. The lowest BCUT2D eigenvalue weighted by atomic mass is 10.1. The number of hydrogen-bond acceptors (Lipinski definition) is 2. The number of quaternary nitrogens is 2. The summed E-state index contributed by atoms with van der Waals surface area (Å²) in [7, 11) is 0. The second-order valence-electron chi connectivity index (χ2n) is 8.09. The van der Waals surface area contributed by atoms with Crippen molar-refractivity contribution in [1.82, 2.24) is 0 Å². The van der Waals surface area contributed by atoms with E-state index in [-0.39, 0.29) is 11.9 Å². The molecule has 5 nitrogen and oxygen atoms in total. The largest absolute Gasteiger partial charge is 0.488 e.